The van der Waals surface area contributed by atoms with Crippen LogP contribution < -0.4 is 10.1 Å². The van der Waals surface area contributed by atoms with Crippen LogP contribution in [0.1, 0.15) is 11.1 Å². The summed E-state index contributed by atoms with van der Waals surface area (Å²) in [6, 6.07) is 15.6. The molecule has 0 radical (unpaired) electrons. The number of nitrogens with zero attached hydrogens (tertiary/aromatic N) is 3. The molecule has 0 aliphatic heterocycles. The molecule has 7 heteroatoms. The van der Waals surface area contributed by atoms with Gasteiger partial charge in [-0.05, 0) is 56.3 Å². The molecule has 1 aromatic heterocycles. The number of nitrogens with one attached hydrogen (secondary N) is 1. The van der Waals surface area contributed by atoms with E-state index in [-0.39, 0.29) is 18.5 Å². The molecule has 1 N–H and O–H groups in total. The Kier molecular flexibility index (Phi) is 6.39. The van der Waals surface area contributed by atoms with Gasteiger partial charge in [0.1, 0.15) is 12.4 Å². The zero-order valence-corrected chi connectivity index (χ0v) is 16.3. The zero-order valence-electron chi connectivity index (χ0n) is 16.3. The van der Waals surface area contributed by atoms with Gasteiger partial charge in [0.15, 0.2) is 0 Å². The topological polar surface area (TPSA) is 80.5 Å². The number of aromatic nitrogens is 2. The van der Waals surface area contributed by atoms with Crippen molar-refractivity contribution in [1.82, 2.24) is 15.1 Å². The molecular weight excluding hydrogens is 356 g/mol. The number of carbonyl (C=O) groups excluding carboxylic acids is 1. The summed E-state index contributed by atoms with van der Waals surface area (Å²) in [5, 5.41) is 10.4. The van der Waals surface area contributed by atoms with Crippen molar-refractivity contribution in [3.63, 3.8) is 0 Å². The van der Waals surface area contributed by atoms with Gasteiger partial charge in [0, 0.05) is 12.1 Å². The second-order valence-electron chi connectivity index (χ2n) is 6.74. The smallest absolute Gasteiger partial charge is 0.322 e. The van der Waals surface area contributed by atoms with Crippen molar-refractivity contribution in [3.05, 3.63) is 59.7 Å². The lowest BCUT2D eigenvalue weighted by Gasteiger charge is -2.16. The third-order valence-electron chi connectivity index (χ3n) is 4.04. The molecule has 1 heterocycles. The Morgan fingerprint density at radius 2 is 1.82 bits per heavy atom. The van der Waals surface area contributed by atoms with Crippen LogP contribution in [0.3, 0.4) is 0 Å². The average Bonchev–Trinajstić information content (AvgIpc) is 3.10. The number of hydrogen-bond donors (Lipinski definition) is 1. The molecule has 0 unspecified atom stereocenters. The number of carbonyl (C=O) groups is 1. The molecular formula is C21H24N4O3. The Morgan fingerprint density at radius 1 is 1.11 bits per heavy atom. The van der Waals surface area contributed by atoms with Crippen molar-refractivity contribution >= 4 is 11.9 Å². The van der Waals surface area contributed by atoms with Crippen LogP contribution in [0.25, 0.3) is 11.5 Å². The van der Waals surface area contributed by atoms with Crippen LogP contribution in [0, 0.1) is 13.8 Å². The highest BCUT2D eigenvalue weighted by molar-refractivity contribution is 5.90. The summed E-state index contributed by atoms with van der Waals surface area (Å²) in [4.78, 5) is 14.0. The van der Waals surface area contributed by atoms with Gasteiger partial charge in [-0.25, -0.2) is 0 Å². The zero-order chi connectivity index (χ0) is 19.9. The second kappa shape index (κ2) is 9.14. The first-order chi connectivity index (χ1) is 13.5. The first-order valence-electron chi connectivity index (χ1n) is 9.08. The van der Waals surface area contributed by atoms with Gasteiger partial charge < -0.3 is 9.15 Å². The van der Waals surface area contributed by atoms with E-state index in [0.717, 1.165) is 22.4 Å². The Balaban J connectivity index is 1.44. The maximum atomic E-state index is 12.2. The first-order valence-corrected chi connectivity index (χ1v) is 9.08. The summed E-state index contributed by atoms with van der Waals surface area (Å²) >= 11 is 0. The van der Waals surface area contributed by atoms with E-state index in [2.05, 4.69) is 21.6 Å². The van der Waals surface area contributed by atoms with E-state index in [9.17, 15) is 4.79 Å². The Hall–Kier alpha value is -3.19. The minimum atomic E-state index is -0.225. The van der Waals surface area contributed by atoms with Crippen molar-refractivity contribution in [2.45, 2.75) is 13.8 Å². The highest BCUT2D eigenvalue weighted by Crippen LogP contribution is 2.19. The van der Waals surface area contributed by atoms with Gasteiger partial charge in [-0.15, -0.1) is 5.10 Å². The molecule has 28 heavy (non-hydrogen) atoms. The number of rotatable bonds is 8. The lowest BCUT2D eigenvalue weighted by Crippen LogP contribution is -2.33. The summed E-state index contributed by atoms with van der Waals surface area (Å²) in [6.45, 7) is 5.37. The van der Waals surface area contributed by atoms with Gasteiger partial charge in [0.25, 0.3) is 0 Å². The normalized spacial score (nSPS) is 10.9. The molecule has 3 rings (SSSR count). The molecule has 0 aliphatic rings. The molecule has 0 aliphatic carbocycles. The van der Waals surface area contributed by atoms with E-state index >= 15 is 0 Å². The summed E-state index contributed by atoms with van der Waals surface area (Å²) in [5.74, 6) is 0.984. The summed E-state index contributed by atoms with van der Waals surface area (Å²) in [5.41, 5.74) is 3.13. The van der Waals surface area contributed by atoms with Gasteiger partial charge in [0.2, 0.25) is 11.8 Å². The number of amides is 1. The lowest BCUT2D eigenvalue weighted by molar-refractivity contribution is -0.117. The van der Waals surface area contributed by atoms with Crippen LogP contribution in [0.2, 0.25) is 0 Å². The monoisotopic (exact) mass is 380 g/mol. The Bertz CT molecular complexity index is 904. The Morgan fingerprint density at radius 3 is 2.54 bits per heavy atom. The third-order valence-corrected chi connectivity index (χ3v) is 4.04. The molecule has 0 fully saturated rings. The summed E-state index contributed by atoms with van der Waals surface area (Å²) in [7, 11) is 1.85. The van der Waals surface area contributed by atoms with Crippen molar-refractivity contribution in [2.75, 3.05) is 32.1 Å². The molecule has 2 aromatic carbocycles. The molecule has 146 valence electrons. The predicted octanol–water partition coefficient (Wildman–Crippen LogP) is 3.30. The number of aryl methyl sites for hydroxylation is 2. The molecule has 3 aromatic rings. The van der Waals surface area contributed by atoms with Gasteiger partial charge in [0.05, 0.1) is 6.54 Å². The largest absolute Gasteiger partial charge is 0.492 e. The van der Waals surface area contributed by atoms with Crippen LogP contribution in [0.15, 0.2) is 52.9 Å². The van der Waals surface area contributed by atoms with Crippen LogP contribution in [0.5, 0.6) is 5.75 Å². The Labute approximate surface area is 164 Å². The van der Waals surface area contributed by atoms with Crippen LogP contribution in [-0.2, 0) is 4.79 Å². The fourth-order valence-corrected chi connectivity index (χ4v) is 2.79. The molecule has 1 amide bonds. The minimum Gasteiger partial charge on any atom is -0.492 e. The van der Waals surface area contributed by atoms with E-state index in [1.54, 1.807) is 0 Å². The molecule has 0 bridgehead atoms. The number of likely N-dealkylation sites (N-methyl/N-ethyl adjacent to an activating group) is 1. The van der Waals surface area contributed by atoms with E-state index in [1.165, 1.54) is 0 Å². The van der Waals surface area contributed by atoms with Crippen molar-refractivity contribution in [2.24, 2.45) is 0 Å². The molecule has 0 saturated carbocycles. The van der Waals surface area contributed by atoms with Crippen molar-refractivity contribution in [3.8, 4) is 17.2 Å². The predicted molar refractivity (Wildman–Crippen MR) is 107 cm³/mol. The molecule has 7 nitrogen and oxygen atoms in total. The van der Waals surface area contributed by atoms with Crippen molar-refractivity contribution < 1.29 is 13.9 Å². The minimum absolute atomic E-state index is 0.0868. The number of benzene rings is 2. The maximum absolute atomic E-state index is 12.2. The quantitative estimate of drug-likeness (QED) is 0.646. The van der Waals surface area contributed by atoms with E-state index in [1.807, 2.05) is 68.3 Å². The summed E-state index contributed by atoms with van der Waals surface area (Å²) < 4.78 is 11.3. The van der Waals surface area contributed by atoms with Gasteiger partial charge >= 0.3 is 6.01 Å². The van der Waals surface area contributed by atoms with Gasteiger partial charge in [-0.3, -0.25) is 15.0 Å². The van der Waals surface area contributed by atoms with Gasteiger partial charge in [-0.1, -0.05) is 29.4 Å². The first kappa shape index (κ1) is 19.6. The number of hydrogen-bond acceptors (Lipinski definition) is 6. The average molecular weight is 380 g/mol. The van der Waals surface area contributed by atoms with Gasteiger partial charge in [-0.2, -0.15) is 0 Å². The lowest BCUT2D eigenvalue weighted by atomic mass is 10.1. The second-order valence-corrected chi connectivity index (χ2v) is 6.74. The summed E-state index contributed by atoms with van der Waals surface area (Å²) in [6.07, 6.45) is 0. The number of anilines is 1. The maximum Gasteiger partial charge on any atom is 0.322 e. The van der Waals surface area contributed by atoms with Crippen molar-refractivity contribution in [1.29, 1.82) is 0 Å². The van der Waals surface area contributed by atoms with Crippen LogP contribution >= 0.6 is 0 Å². The van der Waals surface area contributed by atoms with E-state index < -0.39 is 0 Å². The van der Waals surface area contributed by atoms with E-state index in [0.29, 0.717) is 19.0 Å². The molecule has 0 saturated heterocycles. The fourth-order valence-electron chi connectivity index (χ4n) is 2.79. The highest BCUT2D eigenvalue weighted by atomic mass is 16.5. The standard InChI is InChI=1S/C21H24N4O3/c1-15-11-16(2)13-18(12-15)27-10-9-25(3)14-19(26)22-21-24-23-20(28-21)17-7-5-4-6-8-17/h4-8,11-13H,9-10,14H2,1-3H3,(H,22,24,26). The highest BCUT2D eigenvalue weighted by Gasteiger charge is 2.13. The third kappa shape index (κ3) is 5.65. The van der Waals surface area contributed by atoms with Crippen LogP contribution in [-0.4, -0.2) is 47.7 Å². The molecule has 0 spiro atoms. The van der Waals surface area contributed by atoms with E-state index in [4.69, 9.17) is 9.15 Å². The molecule has 0 atom stereocenters. The number of ether oxygens (including phenoxy) is 1. The van der Waals surface area contributed by atoms with Crippen LogP contribution in [0.4, 0.5) is 6.01 Å². The fraction of sp³-hybridized carbons (Fsp3) is 0.286. The SMILES string of the molecule is Cc1cc(C)cc(OCCN(C)CC(=O)Nc2nnc(-c3ccccc3)o2)c1.